The Hall–Kier alpha value is -1.50. The summed E-state index contributed by atoms with van der Waals surface area (Å²) in [7, 11) is 0.872. The fourth-order valence-electron chi connectivity index (χ4n) is 1.10. The molecule has 0 aliphatic carbocycles. The van der Waals surface area contributed by atoms with Crippen molar-refractivity contribution in [1.82, 2.24) is 0 Å². The number of nitrogens with zero attached hydrogens (tertiary/aromatic N) is 1. The molecule has 0 saturated heterocycles. The minimum atomic E-state index is -5.11. The van der Waals surface area contributed by atoms with Crippen molar-refractivity contribution in [2.75, 3.05) is 7.05 Å². The van der Waals surface area contributed by atoms with Crippen LogP contribution < -0.4 is 0 Å². The fourth-order valence-corrected chi connectivity index (χ4v) is 1.31. The predicted molar refractivity (Wildman–Crippen MR) is 51.0 cm³/mol. The molecule has 0 fully saturated rings. The number of carbonyl (C=O) groups excluding carboxylic acids is 1. The maximum atomic E-state index is 13.2. The topological polar surface area (TPSA) is 37.1 Å². The van der Waals surface area contributed by atoms with Gasteiger partial charge in [-0.1, -0.05) is 11.6 Å². The Bertz CT molecular complexity index is 499. The van der Waals surface area contributed by atoms with Crippen molar-refractivity contribution in [2.45, 2.75) is 6.18 Å². The molecule has 0 spiro atoms. The van der Waals surface area contributed by atoms with E-state index in [9.17, 15) is 27.3 Å². The number of Topliss-reactive ketones (excluding diaryl/α,β-unsaturated/α-hetero) is 1. The molecule has 0 atom stereocenters. The number of carbonyl (C=O) groups is 1. The summed E-state index contributed by atoms with van der Waals surface area (Å²) in [6.07, 6.45) is -5.11. The van der Waals surface area contributed by atoms with Crippen molar-refractivity contribution in [3.8, 4) is 0 Å². The molecule has 0 radical (unpaired) electrons. The van der Waals surface area contributed by atoms with Gasteiger partial charge in [-0.3, -0.25) is 4.79 Å². The maximum absolute atomic E-state index is 13.2. The molecule has 1 rings (SSSR count). The van der Waals surface area contributed by atoms with E-state index in [1.54, 1.807) is 0 Å². The van der Waals surface area contributed by atoms with Crippen LogP contribution in [0.5, 0.6) is 0 Å². The van der Waals surface area contributed by atoms with E-state index in [4.69, 9.17) is 11.6 Å². The first-order chi connectivity index (χ1) is 7.64. The first kappa shape index (κ1) is 13.6. The van der Waals surface area contributed by atoms with Crippen molar-refractivity contribution in [2.24, 2.45) is 0 Å². The fraction of sp³-hybridized carbons (Fsp3) is 0.222. The second-order valence-electron chi connectivity index (χ2n) is 3.12. The molecule has 0 heterocycles. The van der Waals surface area contributed by atoms with Crippen LogP contribution in [-0.2, 0) is 0 Å². The number of alkyl halides is 3. The molecule has 0 aliphatic heterocycles. The van der Waals surface area contributed by atoms with Crippen molar-refractivity contribution in [3.63, 3.8) is 0 Å². The Morgan fingerprint density at radius 2 is 1.88 bits per heavy atom. The lowest BCUT2D eigenvalue weighted by atomic mass is 10.1. The zero-order valence-corrected chi connectivity index (χ0v) is 9.06. The molecule has 0 aromatic heterocycles. The van der Waals surface area contributed by atoms with E-state index in [0.29, 0.717) is 12.1 Å². The van der Waals surface area contributed by atoms with Gasteiger partial charge in [0.2, 0.25) is 5.82 Å². The highest BCUT2D eigenvalue weighted by molar-refractivity contribution is 6.31. The SMILES string of the molecule is C[N+](=O)c1cc(C(=O)C(F)(F)F)cc(Cl)c1F. The molecule has 1 aromatic carbocycles. The number of nitroso groups, excluding NO2 is 1. The Morgan fingerprint density at radius 1 is 1.35 bits per heavy atom. The van der Waals surface area contributed by atoms with Crippen LogP contribution >= 0.6 is 11.6 Å². The summed E-state index contributed by atoms with van der Waals surface area (Å²) in [5.74, 6) is -3.37. The van der Waals surface area contributed by atoms with Crippen LogP contribution in [0.4, 0.5) is 23.2 Å². The van der Waals surface area contributed by atoms with E-state index in [1.807, 2.05) is 0 Å². The predicted octanol–water partition coefficient (Wildman–Crippen LogP) is 3.26. The van der Waals surface area contributed by atoms with Crippen molar-refractivity contribution < 1.29 is 27.1 Å². The van der Waals surface area contributed by atoms with Gasteiger partial charge >= 0.3 is 6.18 Å². The standard InChI is InChI=1S/C9H5ClF4NO2/c1-15(17)6-3-4(2-5(10)7(6)11)8(16)9(12,13)14/h2-3H,1H3/q+1. The third-order valence-corrected chi connectivity index (χ3v) is 2.14. The van der Waals surface area contributed by atoms with Gasteiger partial charge in [0.05, 0.1) is 5.02 Å². The zero-order valence-electron chi connectivity index (χ0n) is 8.31. The molecule has 0 saturated carbocycles. The summed E-state index contributed by atoms with van der Waals surface area (Å²) in [6, 6.07) is 1.03. The molecule has 3 nitrogen and oxygen atoms in total. The van der Waals surface area contributed by atoms with Crippen LogP contribution in [0, 0.1) is 10.7 Å². The van der Waals surface area contributed by atoms with Gasteiger partial charge in [-0.2, -0.15) is 17.6 Å². The minimum absolute atomic E-state index is 0.0195. The zero-order chi connectivity index (χ0) is 13.4. The molecular formula is C9H5ClF4NO2+. The van der Waals surface area contributed by atoms with Crippen LogP contribution in [-0.4, -0.2) is 23.8 Å². The van der Waals surface area contributed by atoms with Crippen molar-refractivity contribution in [3.05, 3.63) is 33.4 Å². The molecule has 17 heavy (non-hydrogen) atoms. The number of hydrogen-bond acceptors (Lipinski definition) is 2. The van der Waals surface area contributed by atoms with Gasteiger partial charge in [0.15, 0.2) is 7.05 Å². The second kappa shape index (κ2) is 4.40. The van der Waals surface area contributed by atoms with Crippen LogP contribution in [0.3, 0.4) is 0 Å². The van der Waals surface area contributed by atoms with E-state index in [0.717, 1.165) is 7.05 Å². The molecular weight excluding hydrogens is 266 g/mol. The molecule has 8 heteroatoms. The summed E-state index contributed by atoms with van der Waals surface area (Å²) in [6.45, 7) is 0. The normalized spacial score (nSPS) is 11.4. The first-order valence-electron chi connectivity index (χ1n) is 4.16. The summed E-state index contributed by atoms with van der Waals surface area (Å²) in [5, 5.41) is -0.724. The van der Waals surface area contributed by atoms with Crippen LogP contribution in [0.25, 0.3) is 0 Å². The van der Waals surface area contributed by atoms with E-state index in [1.165, 1.54) is 0 Å². The Labute approximate surface area is 97.6 Å². The molecule has 0 bridgehead atoms. The van der Waals surface area contributed by atoms with Crippen LogP contribution in [0.2, 0.25) is 5.02 Å². The number of ketones is 1. The minimum Gasteiger partial charge on any atom is -0.284 e. The lowest BCUT2D eigenvalue weighted by Gasteiger charge is -2.05. The number of halogens is 5. The van der Waals surface area contributed by atoms with Gasteiger partial charge in [-0.25, -0.2) is 0 Å². The average Bonchev–Trinajstić information content (AvgIpc) is 2.19. The molecule has 0 unspecified atom stereocenters. The number of rotatable bonds is 2. The summed E-state index contributed by atoms with van der Waals surface area (Å²) in [4.78, 5) is 21.7. The second-order valence-corrected chi connectivity index (χ2v) is 3.52. The lowest BCUT2D eigenvalue weighted by molar-refractivity contribution is -0.430. The third-order valence-electron chi connectivity index (χ3n) is 1.87. The average molecular weight is 271 g/mol. The van der Waals surface area contributed by atoms with E-state index >= 15 is 0 Å². The van der Waals surface area contributed by atoms with Gasteiger partial charge in [0.25, 0.3) is 11.5 Å². The van der Waals surface area contributed by atoms with E-state index in [-0.39, 0.29) is 4.76 Å². The Balaban J connectivity index is 3.39. The summed E-state index contributed by atoms with van der Waals surface area (Å²) >= 11 is 5.30. The van der Waals surface area contributed by atoms with Crippen LogP contribution in [0.15, 0.2) is 12.1 Å². The van der Waals surface area contributed by atoms with E-state index < -0.39 is 34.1 Å². The number of benzene rings is 1. The van der Waals surface area contributed by atoms with Crippen molar-refractivity contribution >= 4 is 23.1 Å². The number of hydrogen-bond donors (Lipinski definition) is 0. The summed E-state index contributed by atoms with van der Waals surface area (Å²) in [5.41, 5.74) is -1.62. The van der Waals surface area contributed by atoms with Gasteiger partial charge in [0.1, 0.15) is 0 Å². The molecule has 0 N–H and O–H groups in total. The molecule has 0 aliphatic rings. The molecule has 92 valence electrons. The summed E-state index contributed by atoms with van der Waals surface area (Å²) < 4.78 is 49.6. The largest absolute Gasteiger partial charge is 0.454 e. The lowest BCUT2D eigenvalue weighted by Crippen LogP contribution is -2.23. The van der Waals surface area contributed by atoms with Gasteiger partial charge in [-0.05, 0) is 6.07 Å². The highest BCUT2D eigenvalue weighted by Gasteiger charge is 2.40. The third kappa shape index (κ3) is 2.79. The van der Waals surface area contributed by atoms with Gasteiger partial charge < -0.3 is 0 Å². The van der Waals surface area contributed by atoms with Gasteiger partial charge in [0, 0.05) is 21.3 Å². The Kier molecular flexibility index (Phi) is 3.51. The first-order valence-corrected chi connectivity index (χ1v) is 4.54. The highest BCUT2D eigenvalue weighted by atomic mass is 35.5. The Morgan fingerprint density at radius 3 is 2.29 bits per heavy atom. The monoisotopic (exact) mass is 270 g/mol. The van der Waals surface area contributed by atoms with Crippen molar-refractivity contribution in [1.29, 1.82) is 0 Å². The molecule has 1 aromatic rings. The quantitative estimate of drug-likeness (QED) is 0.470. The maximum Gasteiger partial charge on any atom is 0.454 e. The molecule has 0 amide bonds. The smallest absolute Gasteiger partial charge is 0.284 e. The van der Waals surface area contributed by atoms with E-state index in [2.05, 4.69) is 0 Å². The van der Waals surface area contributed by atoms with Crippen LogP contribution in [0.1, 0.15) is 10.4 Å². The highest BCUT2D eigenvalue weighted by Crippen LogP contribution is 2.29. The van der Waals surface area contributed by atoms with Gasteiger partial charge in [-0.15, -0.1) is 0 Å².